The van der Waals surface area contributed by atoms with Gasteiger partial charge in [-0.2, -0.15) is 0 Å². The van der Waals surface area contributed by atoms with Crippen molar-refractivity contribution in [2.45, 2.75) is 356 Å². The summed E-state index contributed by atoms with van der Waals surface area (Å²) in [4.78, 5) is 72.4. The Hall–Kier alpha value is -1.94. The molecule has 2 unspecified atom stereocenters. The first-order valence-corrected chi connectivity index (χ1v) is 38.3. The van der Waals surface area contributed by atoms with Crippen molar-refractivity contribution in [1.29, 1.82) is 0 Å². The number of esters is 4. The molecule has 0 rings (SSSR count). The third-order valence-electron chi connectivity index (χ3n) is 15.6. The number of ether oxygens (including phenoxy) is 4. The Morgan fingerprint density at radius 3 is 0.782 bits per heavy atom. The summed E-state index contributed by atoms with van der Waals surface area (Å²) in [5.41, 5.74) is 0. The highest BCUT2D eigenvalue weighted by Crippen LogP contribution is 2.45. The minimum absolute atomic E-state index is 0.104. The summed E-state index contributed by atoms with van der Waals surface area (Å²) in [6, 6.07) is 0. The van der Waals surface area contributed by atoms with E-state index in [9.17, 15) is 43.2 Å². The van der Waals surface area contributed by atoms with Crippen molar-refractivity contribution in [1.82, 2.24) is 0 Å². The van der Waals surface area contributed by atoms with E-state index in [2.05, 4.69) is 48.5 Å². The van der Waals surface area contributed by atoms with Crippen LogP contribution < -0.4 is 0 Å². The van der Waals surface area contributed by atoms with Crippen molar-refractivity contribution >= 4 is 39.5 Å². The maximum Gasteiger partial charge on any atom is 0.472 e. The van der Waals surface area contributed by atoms with Crippen LogP contribution in [0.2, 0.25) is 0 Å². The number of phosphoric acid groups is 2. The molecule has 87 heavy (non-hydrogen) atoms. The van der Waals surface area contributed by atoms with Gasteiger partial charge in [0, 0.05) is 25.7 Å². The van der Waals surface area contributed by atoms with Crippen molar-refractivity contribution in [2.75, 3.05) is 39.6 Å². The van der Waals surface area contributed by atoms with Crippen LogP contribution in [-0.4, -0.2) is 96.7 Å². The van der Waals surface area contributed by atoms with Crippen molar-refractivity contribution in [3.05, 3.63) is 0 Å². The van der Waals surface area contributed by atoms with Gasteiger partial charge in [0.05, 0.1) is 26.4 Å². The summed E-state index contributed by atoms with van der Waals surface area (Å²) in [5.74, 6) is 0.0969. The SMILES string of the molecule is CCCCCCCCCCCCC(=O)OC[C@H](COP(=O)(O)OC[C@H](O)COP(=O)(O)OC[C@@H](COC(=O)CCCCCCCCCCCC(C)C)OC(=O)CCCCCCCCCCCCCC(C)C)OC(=O)CCCCCCCCCCC(C)C. The largest absolute Gasteiger partial charge is 0.472 e. The number of hydrogen-bond donors (Lipinski definition) is 3. The van der Waals surface area contributed by atoms with E-state index in [1.165, 1.54) is 148 Å². The number of carbonyl (C=O) groups is 4. The molecule has 19 heteroatoms. The molecule has 0 fully saturated rings. The molecule has 516 valence electrons. The predicted molar refractivity (Wildman–Crippen MR) is 349 cm³/mol. The van der Waals surface area contributed by atoms with E-state index in [4.69, 9.17) is 37.0 Å². The lowest BCUT2D eigenvalue weighted by molar-refractivity contribution is -0.161. The quantitative estimate of drug-likeness (QED) is 0.0222. The first-order valence-electron chi connectivity index (χ1n) is 35.3. The van der Waals surface area contributed by atoms with Gasteiger partial charge in [0.2, 0.25) is 0 Å². The summed E-state index contributed by atoms with van der Waals surface area (Å²) >= 11 is 0. The number of unbranched alkanes of at least 4 members (excludes halogenated alkanes) is 34. The molecule has 17 nitrogen and oxygen atoms in total. The summed E-state index contributed by atoms with van der Waals surface area (Å²) in [7, 11) is -9.90. The van der Waals surface area contributed by atoms with Gasteiger partial charge in [-0.3, -0.25) is 37.3 Å². The van der Waals surface area contributed by atoms with Crippen LogP contribution in [0, 0.1) is 17.8 Å². The van der Waals surface area contributed by atoms with Crippen LogP contribution in [0.3, 0.4) is 0 Å². The van der Waals surface area contributed by atoms with E-state index in [0.29, 0.717) is 25.7 Å². The van der Waals surface area contributed by atoms with Crippen molar-refractivity contribution in [3.63, 3.8) is 0 Å². The van der Waals surface area contributed by atoms with Crippen LogP contribution in [0.4, 0.5) is 0 Å². The van der Waals surface area contributed by atoms with Crippen molar-refractivity contribution in [3.8, 4) is 0 Å². The molecule has 0 aromatic rings. The molecule has 0 amide bonds. The highest BCUT2D eigenvalue weighted by atomic mass is 31.2. The highest BCUT2D eigenvalue weighted by molar-refractivity contribution is 7.47. The maximum atomic E-state index is 13.0. The first-order chi connectivity index (χ1) is 41.7. The van der Waals surface area contributed by atoms with Gasteiger partial charge in [-0.1, -0.05) is 286 Å². The zero-order valence-corrected chi connectivity index (χ0v) is 58.3. The standard InChI is InChI=1S/C68H132O17P2/c1-8-9-10-11-12-13-20-28-35-42-49-65(70)78-56-64(85-68(73)52-45-38-31-24-23-27-34-41-48-61(6)7)58-83-87(76,77)81-54-62(69)53-80-86(74,75)82-57-63(55-79-66(71)50-43-36-29-22-17-19-26-33-40-47-60(4)5)84-67(72)51-44-37-30-21-16-14-15-18-25-32-39-46-59(2)3/h59-64,69H,8-58H2,1-7H3,(H,74,75)(H,76,77)/t62-,63-,64-/m1/s1. The Bertz CT molecular complexity index is 1720. The molecule has 0 saturated heterocycles. The van der Waals surface area contributed by atoms with E-state index in [1.54, 1.807) is 0 Å². The fourth-order valence-corrected chi connectivity index (χ4v) is 11.8. The van der Waals surface area contributed by atoms with Crippen LogP contribution in [-0.2, 0) is 65.4 Å². The summed E-state index contributed by atoms with van der Waals surface area (Å²) in [6.07, 6.45) is 41.7. The lowest BCUT2D eigenvalue weighted by Crippen LogP contribution is -2.30. The molecule has 0 aliphatic carbocycles. The van der Waals surface area contributed by atoms with E-state index in [0.717, 1.165) is 108 Å². The van der Waals surface area contributed by atoms with Gasteiger partial charge in [0.1, 0.15) is 19.3 Å². The van der Waals surface area contributed by atoms with Crippen LogP contribution in [0.15, 0.2) is 0 Å². The zero-order valence-electron chi connectivity index (χ0n) is 56.5. The molecule has 0 aromatic carbocycles. The molecule has 5 atom stereocenters. The average Bonchev–Trinajstić information content (AvgIpc) is 3.69. The van der Waals surface area contributed by atoms with E-state index < -0.39 is 97.5 Å². The lowest BCUT2D eigenvalue weighted by Gasteiger charge is -2.21. The van der Waals surface area contributed by atoms with Crippen molar-refractivity contribution < 1.29 is 80.2 Å². The van der Waals surface area contributed by atoms with Gasteiger partial charge < -0.3 is 33.8 Å². The van der Waals surface area contributed by atoms with Crippen LogP contribution in [0.5, 0.6) is 0 Å². The van der Waals surface area contributed by atoms with Crippen molar-refractivity contribution in [2.24, 2.45) is 17.8 Å². The van der Waals surface area contributed by atoms with E-state index in [-0.39, 0.29) is 25.7 Å². The first kappa shape index (κ1) is 85.1. The molecule has 0 aliphatic heterocycles. The summed E-state index contributed by atoms with van der Waals surface area (Å²) in [6.45, 7) is 11.8. The van der Waals surface area contributed by atoms with Gasteiger partial charge >= 0.3 is 39.5 Å². The van der Waals surface area contributed by atoms with E-state index in [1.807, 2.05) is 0 Å². The second kappa shape index (κ2) is 59.1. The van der Waals surface area contributed by atoms with Crippen LogP contribution in [0.25, 0.3) is 0 Å². The monoisotopic (exact) mass is 1280 g/mol. The summed E-state index contributed by atoms with van der Waals surface area (Å²) < 4.78 is 68.2. The zero-order chi connectivity index (χ0) is 64.5. The molecular formula is C68H132O17P2. The molecule has 0 saturated carbocycles. The number of aliphatic hydroxyl groups excluding tert-OH is 1. The number of rotatable bonds is 66. The predicted octanol–water partition coefficient (Wildman–Crippen LogP) is 19.1. The third kappa shape index (κ3) is 62.6. The normalized spacial score (nSPS) is 14.3. The third-order valence-corrected chi connectivity index (χ3v) is 17.5. The van der Waals surface area contributed by atoms with Crippen LogP contribution >= 0.6 is 15.6 Å². The van der Waals surface area contributed by atoms with Gasteiger partial charge in [-0.15, -0.1) is 0 Å². The van der Waals surface area contributed by atoms with Gasteiger partial charge in [-0.05, 0) is 43.4 Å². The molecule has 0 radical (unpaired) electrons. The molecule has 0 aromatic heterocycles. The van der Waals surface area contributed by atoms with E-state index >= 15 is 0 Å². The fourth-order valence-electron chi connectivity index (χ4n) is 10.2. The molecule has 0 spiro atoms. The fraction of sp³-hybridized carbons (Fsp3) is 0.941. The number of hydrogen-bond acceptors (Lipinski definition) is 15. The highest BCUT2D eigenvalue weighted by Gasteiger charge is 2.30. The number of carbonyl (C=O) groups excluding carboxylic acids is 4. The Kier molecular flexibility index (Phi) is 57.8. The lowest BCUT2D eigenvalue weighted by atomic mass is 10.0. The second-order valence-electron chi connectivity index (χ2n) is 26.0. The smallest absolute Gasteiger partial charge is 0.462 e. The number of aliphatic hydroxyl groups is 1. The van der Waals surface area contributed by atoms with Crippen LogP contribution in [0.1, 0.15) is 337 Å². The molecule has 0 bridgehead atoms. The molecule has 0 aliphatic rings. The Morgan fingerprint density at radius 1 is 0.310 bits per heavy atom. The number of phosphoric ester groups is 2. The minimum Gasteiger partial charge on any atom is -0.462 e. The van der Waals surface area contributed by atoms with Gasteiger partial charge in [0.15, 0.2) is 12.2 Å². The summed E-state index contributed by atoms with van der Waals surface area (Å²) in [5, 5.41) is 10.6. The Morgan fingerprint density at radius 2 is 0.529 bits per heavy atom. The topological polar surface area (TPSA) is 237 Å². The van der Waals surface area contributed by atoms with Gasteiger partial charge in [-0.25, -0.2) is 9.13 Å². The molecular weight excluding hydrogens is 1150 g/mol. The Balaban J connectivity index is 5.25. The Labute approximate surface area is 530 Å². The van der Waals surface area contributed by atoms with Gasteiger partial charge in [0.25, 0.3) is 0 Å². The molecule has 0 heterocycles. The second-order valence-corrected chi connectivity index (χ2v) is 28.9. The minimum atomic E-state index is -4.95. The average molecular weight is 1280 g/mol. The maximum absolute atomic E-state index is 13.0. The molecule has 3 N–H and O–H groups in total.